The second kappa shape index (κ2) is 6.57. The van der Waals surface area contributed by atoms with E-state index in [-0.39, 0.29) is 11.8 Å². The molecule has 0 aliphatic carbocycles. The molecule has 3 rings (SSSR count). The van der Waals surface area contributed by atoms with Crippen molar-refractivity contribution in [1.29, 1.82) is 0 Å². The molecule has 4 heteroatoms. The van der Waals surface area contributed by atoms with E-state index >= 15 is 0 Å². The molecule has 1 aliphatic rings. The van der Waals surface area contributed by atoms with Gasteiger partial charge >= 0.3 is 0 Å². The Morgan fingerprint density at radius 1 is 1.30 bits per heavy atom. The lowest BCUT2D eigenvalue weighted by Crippen LogP contribution is -2.50. The van der Waals surface area contributed by atoms with Gasteiger partial charge in [-0.15, -0.1) is 0 Å². The van der Waals surface area contributed by atoms with Crippen molar-refractivity contribution in [2.24, 2.45) is 0 Å². The quantitative estimate of drug-likeness (QED) is 0.849. The van der Waals surface area contributed by atoms with E-state index in [1.54, 1.807) is 0 Å². The highest BCUT2D eigenvalue weighted by atomic mass is 16.2. The maximum atomic E-state index is 12.6. The van der Waals surface area contributed by atoms with Crippen LogP contribution in [0.4, 0.5) is 0 Å². The van der Waals surface area contributed by atoms with E-state index in [1.807, 2.05) is 48.4 Å². The van der Waals surface area contributed by atoms with Gasteiger partial charge in [0.05, 0.1) is 11.8 Å². The number of aryl methyl sites for hydroxylation is 1. The fraction of sp³-hybridized carbons (Fsp3) is 0.474. The summed E-state index contributed by atoms with van der Waals surface area (Å²) in [4.78, 5) is 19.2. The lowest BCUT2D eigenvalue weighted by atomic mass is 9.93. The summed E-state index contributed by atoms with van der Waals surface area (Å²) >= 11 is 0. The van der Waals surface area contributed by atoms with E-state index in [0.717, 1.165) is 37.4 Å². The standard InChI is InChI=1S/C19H25N3O/c1-4-10-22-14(2)11-20-18(22)17-12-21(13-17)19(23)15(3)16-8-6-5-7-9-16/h5-9,11,15,17H,4,10,12-13H2,1-3H3. The molecule has 1 unspecified atom stereocenters. The zero-order valence-corrected chi connectivity index (χ0v) is 14.2. The minimum Gasteiger partial charge on any atom is -0.341 e. The number of imidazole rings is 1. The van der Waals surface area contributed by atoms with Crippen LogP contribution < -0.4 is 0 Å². The van der Waals surface area contributed by atoms with Gasteiger partial charge in [0.2, 0.25) is 5.91 Å². The zero-order valence-electron chi connectivity index (χ0n) is 14.2. The van der Waals surface area contributed by atoms with E-state index in [4.69, 9.17) is 0 Å². The van der Waals surface area contributed by atoms with Gasteiger partial charge in [0.25, 0.3) is 0 Å². The van der Waals surface area contributed by atoms with Crippen LogP contribution >= 0.6 is 0 Å². The molecule has 1 atom stereocenters. The van der Waals surface area contributed by atoms with Crippen LogP contribution in [0.15, 0.2) is 36.5 Å². The van der Waals surface area contributed by atoms with Crippen molar-refractivity contribution in [2.45, 2.75) is 45.6 Å². The zero-order chi connectivity index (χ0) is 16.4. The van der Waals surface area contributed by atoms with Crippen molar-refractivity contribution in [3.8, 4) is 0 Å². The van der Waals surface area contributed by atoms with Crippen molar-refractivity contribution in [1.82, 2.24) is 14.5 Å². The smallest absolute Gasteiger partial charge is 0.229 e. The van der Waals surface area contributed by atoms with Crippen LogP contribution in [0.25, 0.3) is 0 Å². The number of benzene rings is 1. The SMILES string of the molecule is CCCn1c(C)cnc1C1CN(C(=O)C(C)c2ccccc2)C1. The van der Waals surface area contributed by atoms with E-state index in [2.05, 4.69) is 23.4 Å². The normalized spacial score (nSPS) is 16.2. The Kier molecular flexibility index (Phi) is 4.51. The van der Waals surface area contributed by atoms with Gasteiger partial charge in [0.1, 0.15) is 5.82 Å². The molecule has 23 heavy (non-hydrogen) atoms. The minimum absolute atomic E-state index is 0.0747. The number of nitrogens with zero attached hydrogens (tertiary/aromatic N) is 3. The molecule has 1 saturated heterocycles. The number of carbonyl (C=O) groups is 1. The fourth-order valence-corrected chi connectivity index (χ4v) is 3.30. The summed E-state index contributed by atoms with van der Waals surface area (Å²) in [6.45, 7) is 8.86. The average molecular weight is 311 g/mol. The molecule has 0 spiro atoms. The number of amides is 1. The maximum absolute atomic E-state index is 12.6. The third kappa shape index (κ3) is 3.03. The molecule has 0 N–H and O–H groups in total. The van der Waals surface area contributed by atoms with Crippen LogP contribution in [0.3, 0.4) is 0 Å². The van der Waals surface area contributed by atoms with Crippen LogP contribution in [-0.4, -0.2) is 33.4 Å². The number of rotatable bonds is 5. The van der Waals surface area contributed by atoms with Gasteiger partial charge in [-0.25, -0.2) is 4.98 Å². The van der Waals surface area contributed by atoms with E-state index in [1.165, 1.54) is 5.69 Å². The Labute approximate surface area is 138 Å². The van der Waals surface area contributed by atoms with Crippen LogP contribution in [0.5, 0.6) is 0 Å². The Balaban J connectivity index is 1.64. The van der Waals surface area contributed by atoms with E-state index in [9.17, 15) is 4.79 Å². The summed E-state index contributed by atoms with van der Waals surface area (Å²) in [5, 5.41) is 0. The van der Waals surface area contributed by atoms with Gasteiger partial charge in [0.15, 0.2) is 0 Å². The molecular formula is C19H25N3O. The van der Waals surface area contributed by atoms with Gasteiger partial charge in [-0.2, -0.15) is 0 Å². The molecule has 122 valence electrons. The second-order valence-electron chi connectivity index (χ2n) is 6.48. The summed E-state index contributed by atoms with van der Waals surface area (Å²) in [5.74, 6) is 1.66. The van der Waals surface area contributed by atoms with E-state index in [0.29, 0.717) is 5.92 Å². The van der Waals surface area contributed by atoms with Crippen LogP contribution in [0.1, 0.15) is 49.2 Å². The highest BCUT2D eigenvalue weighted by Crippen LogP contribution is 2.30. The first kappa shape index (κ1) is 15.8. The third-order valence-electron chi connectivity index (χ3n) is 4.76. The predicted molar refractivity (Wildman–Crippen MR) is 91.4 cm³/mol. The Morgan fingerprint density at radius 2 is 2.00 bits per heavy atom. The molecule has 1 aromatic carbocycles. The third-order valence-corrected chi connectivity index (χ3v) is 4.76. The molecule has 4 nitrogen and oxygen atoms in total. The molecule has 2 aromatic rings. The van der Waals surface area contributed by atoms with E-state index < -0.39 is 0 Å². The highest BCUT2D eigenvalue weighted by molar-refractivity contribution is 5.84. The summed E-state index contributed by atoms with van der Waals surface area (Å²) in [5.41, 5.74) is 2.30. The first-order chi connectivity index (χ1) is 11.1. The van der Waals surface area contributed by atoms with Gasteiger partial charge in [-0.1, -0.05) is 37.3 Å². The summed E-state index contributed by atoms with van der Waals surface area (Å²) in [6, 6.07) is 10.0. The van der Waals surface area contributed by atoms with Crippen LogP contribution in [0.2, 0.25) is 0 Å². The molecule has 1 amide bonds. The number of carbonyl (C=O) groups excluding carboxylic acids is 1. The maximum Gasteiger partial charge on any atom is 0.229 e. The van der Waals surface area contributed by atoms with Crippen LogP contribution in [0, 0.1) is 6.92 Å². The van der Waals surface area contributed by atoms with Crippen molar-refractivity contribution in [3.63, 3.8) is 0 Å². The van der Waals surface area contributed by atoms with Crippen molar-refractivity contribution in [3.05, 3.63) is 53.6 Å². The number of hydrogen-bond acceptors (Lipinski definition) is 2. The summed E-state index contributed by atoms with van der Waals surface area (Å²) < 4.78 is 2.30. The Bertz CT molecular complexity index is 671. The molecule has 1 aromatic heterocycles. The largest absolute Gasteiger partial charge is 0.341 e. The summed E-state index contributed by atoms with van der Waals surface area (Å²) in [6.07, 6.45) is 3.05. The molecule has 0 saturated carbocycles. The average Bonchev–Trinajstić information content (AvgIpc) is 2.88. The first-order valence-electron chi connectivity index (χ1n) is 8.47. The topological polar surface area (TPSA) is 38.1 Å². The van der Waals surface area contributed by atoms with Crippen LogP contribution in [-0.2, 0) is 11.3 Å². The van der Waals surface area contributed by atoms with Gasteiger partial charge < -0.3 is 9.47 Å². The Morgan fingerprint density at radius 3 is 2.65 bits per heavy atom. The molecular weight excluding hydrogens is 286 g/mol. The first-order valence-corrected chi connectivity index (χ1v) is 8.47. The minimum atomic E-state index is -0.0747. The second-order valence-corrected chi connectivity index (χ2v) is 6.48. The van der Waals surface area contributed by atoms with Gasteiger partial charge in [-0.05, 0) is 25.8 Å². The highest BCUT2D eigenvalue weighted by Gasteiger charge is 2.36. The van der Waals surface area contributed by atoms with Gasteiger partial charge in [0, 0.05) is 31.5 Å². The fourth-order valence-electron chi connectivity index (χ4n) is 3.30. The number of hydrogen-bond donors (Lipinski definition) is 0. The predicted octanol–water partition coefficient (Wildman–Crippen LogP) is 3.33. The molecule has 2 heterocycles. The number of aromatic nitrogens is 2. The lowest BCUT2D eigenvalue weighted by Gasteiger charge is -2.40. The number of likely N-dealkylation sites (tertiary alicyclic amines) is 1. The molecule has 1 fully saturated rings. The molecule has 1 aliphatic heterocycles. The lowest BCUT2D eigenvalue weighted by molar-refractivity contribution is -0.137. The monoisotopic (exact) mass is 311 g/mol. The van der Waals surface area contributed by atoms with Crippen molar-refractivity contribution in [2.75, 3.05) is 13.1 Å². The molecule has 0 radical (unpaired) electrons. The van der Waals surface area contributed by atoms with Gasteiger partial charge in [-0.3, -0.25) is 4.79 Å². The van der Waals surface area contributed by atoms with Crippen molar-refractivity contribution >= 4 is 5.91 Å². The Hall–Kier alpha value is -2.10. The molecule has 0 bridgehead atoms. The van der Waals surface area contributed by atoms with Crippen molar-refractivity contribution < 1.29 is 4.79 Å². The summed E-state index contributed by atoms with van der Waals surface area (Å²) in [7, 11) is 0.